The van der Waals surface area contributed by atoms with E-state index in [9.17, 15) is 9.90 Å². The molecule has 4 nitrogen and oxygen atoms in total. The van der Waals surface area contributed by atoms with Crippen LogP contribution in [0.5, 0.6) is 5.75 Å². The van der Waals surface area contributed by atoms with E-state index >= 15 is 0 Å². The maximum absolute atomic E-state index is 10.5. The molecular weight excluding hydrogens is 242 g/mol. The predicted molar refractivity (Wildman–Crippen MR) is 64.4 cm³/mol. The van der Waals surface area contributed by atoms with Gasteiger partial charge in [0.15, 0.2) is 0 Å². The fraction of sp³-hybridized carbons (Fsp3) is 0.167. The molecule has 0 aliphatic heterocycles. The lowest BCUT2D eigenvalue weighted by atomic mass is 10.1. The van der Waals surface area contributed by atoms with E-state index in [1.165, 1.54) is 0 Å². The molecule has 0 bridgehead atoms. The Bertz CT molecular complexity index is 583. The summed E-state index contributed by atoms with van der Waals surface area (Å²) in [5, 5.41) is 20.4. The first kappa shape index (κ1) is 11.7. The van der Waals surface area contributed by atoms with Crippen molar-refractivity contribution in [1.29, 1.82) is 0 Å². The van der Waals surface area contributed by atoms with Crippen LogP contribution in [0.25, 0.3) is 10.8 Å². The Morgan fingerprint density at radius 3 is 2.88 bits per heavy atom. The van der Waals surface area contributed by atoms with Crippen LogP contribution in [0.1, 0.15) is 12.1 Å². The van der Waals surface area contributed by atoms with E-state index in [1.807, 2.05) is 0 Å². The Morgan fingerprint density at radius 1 is 1.41 bits per heavy atom. The van der Waals surface area contributed by atoms with Crippen LogP contribution in [0.2, 0.25) is 5.02 Å². The van der Waals surface area contributed by atoms with E-state index in [0.717, 1.165) is 5.39 Å². The minimum atomic E-state index is -0.919. The van der Waals surface area contributed by atoms with Crippen LogP contribution < -0.4 is 0 Å². The molecule has 0 fully saturated rings. The SMILES string of the molecule is O=C(O)CCc1ncc2ccc(Cl)cc2c1O. The van der Waals surface area contributed by atoms with Gasteiger partial charge in [0, 0.05) is 28.4 Å². The zero-order chi connectivity index (χ0) is 12.4. The van der Waals surface area contributed by atoms with Crippen molar-refractivity contribution in [1.82, 2.24) is 4.98 Å². The van der Waals surface area contributed by atoms with Crippen molar-refractivity contribution in [2.75, 3.05) is 0 Å². The third-order valence-corrected chi connectivity index (χ3v) is 2.71. The van der Waals surface area contributed by atoms with Crippen molar-refractivity contribution < 1.29 is 15.0 Å². The average molecular weight is 252 g/mol. The summed E-state index contributed by atoms with van der Waals surface area (Å²) in [7, 11) is 0. The second-order valence-corrected chi connectivity index (χ2v) is 4.12. The summed E-state index contributed by atoms with van der Waals surface area (Å²) >= 11 is 5.84. The zero-order valence-electron chi connectivity index (χ0n) is 8.85. The van der Waals surface area contributed by atoms with Gasteiger partial charge in [-0.15, -0.1) is 0 Å². The molecule has 0 saturated carbocycles. The maximum atomic E-state index is 10.5. The lowest BCUT2D eigenvalue weighted by Crippen LogP contribution is -1.99. The van der Waals surface area contributed by atoms with Crippen molar-refractivity contribution in [2.45, 2.75) is 12.8 Å². The molecule has 0 saturated heterocycles. The summed E-state index contributed by atoms with van der Waals surface area (Å²) in [6.07, 6.45) is 1.73. The molecule has 0 unspecified atom stereocenters. The van der Waals surface area contributed by atoms with Crippen LogP contribution in [-0.4, -0.2) is 21.2 Å². The fourth-order valence-electron chi connectivity index (χ4n) is 1.62. The number of aryl methyl sites for hydroxylation is 1. The molecule has 2 rings (SSSR count). The Hall–Kier alpha value is -1.81. The number of aliphatic carboxylic acids is 1. The van der Waals surface area contributed by atoms with E-state index in [2.05, 4.69) is 4.98 Å². The number of fused-ring (bicyclic) bond motifs is 1. The van der Waals surface area contributed by atoms with Crippen molar-refractivity contribution in [3.8, 4) is 5.75 Å². The summed E-state index contributed by atoms with van der Waals surface area (Å²) in [5.41, 5.74) is 0.377. The van der Waals surface area contributed by atoms with E-state index < -0.39 is 5.97 Å². The van der Waals surface area contributed by atoms with Gasteiger partial charge >= 0.3 is 5.97 Å². The summed E-state index contributed by atoms with van der Waals surface area (Å²) < 4.78 is 0. The van der Waals surface area contributed by atoms with Crippen molar-refractivity contribution >= 4 is 28.3 Å². The molecule has 0 atom stereocenters. The first-order valence-corrected chi connectivity index (χ1v) is 5.43. The number of carboxylic acid groups (broad SMARTS) is 1. The number of aromatic hydroxyl groups is 1. The highest BCUT2D eigenvalue weighted by Gasteiger charge is 2.10. The van der Waals surface area contributed by atoms with E-state index in [1.54, 1.807) is 24.4 Å². The molecule has 0 spiro atoms. The van der Waals surface area contributed by atoms with Crippen molar-refractivity contribution in [3.05, 3.63) is 35.1 Å². The second kappa shape index (κ2) is 4.59. The van der Waals surface area contributed by atoms with Crippen LogP contribution in [0.3, 0.4) is 0 Å². The van der Waals surface area contributed by atoms with Crippen LogP contribution in [0, 0.1) is 0 Å². The van der Waals surface area contributed by atoms with Gasteiger partial charge in [-0.3, -0.25) is 9.78 Å². The van der Waals surface area contributed by atoms with Crippen molar-refractivity contribution in [2.24, 2.45) is 0 Å². The van der Waals surface area contributed by atoms with Gasteiger partial charge in [-0.1, -0.05) is 17.7 Å². The number of hydrogen-bond acceptors (Lipinski definition) is 3. The normalized spacial score (nSPS) is 10.6. The number of rotatable bonds is 3. The maximum Gasteiger partial charge on any atom is 0.303 e. The monoisotopic (exact) mass is 251 g/mol. The summed E-state index contributed by atoms with van der Waals surface area (Å²) in [4.78, 5) is 14.5. The number of nitrogens with zero attached hydrogens (tertiary/aromatic N) is 1. The average Bonchev–Trinajstić information content (AvgIpc) is 2.29. The van der Waals surface area contributed by atoms with Crippen molar-refractivity contribution in [3.63, 3.8) is 0 Å². The largest absolute Gasteiger partial charge is 0.505 e. The Kier molecular flexibility index (Phi) is 3.15. The molecule has 17 heavy (non-hydrogen) atoms. The Morgan fingerprint density at radius 2 is 2.18 bits per heavy atom. The van der Waals surface area contributed by atoms with Gasteiger partial charge in [-0.2, -0.15) is 0 Å². The number of pyridine rings is 1. The molecule has 1 aromatic heterocycles. The van der Waals surface area contributed by atoms with Crippen LogP contribution in [-0.2, 0) is 11.2 Å². The smallest absolute Gasteiger partial charge is 0.303 e. The third-order valence-electron chi connectivity index (χ3n) is 2.48. The van der Waals surface area contributed by atoms with Gasteiger partial charge in [0.05, 0.1) is 12.1 Å². The molecular formula is C12H10ClNO3. The van der Waals surface area contributed by atoms with E-state index in [4.69, 9.17) is 16.7 Å². The molecule has 1 heterocycles. The number of carboxylic acids is 1. The second-order valence-electron chi connectivity index (χ2n) is 3.68. The molecule has 0 radical (unpaired) electrons. The number of halogens is 1. The van der Waals surface area contributed by atoms with Gasteiger partial charge in [0.25, 0.3) is 0 Å². The molecule has 0 amide bonds. The molecule has 88 valence electrons. The first-order chi connectivity index (χ1) is 8.08. The Balaban J connectivity index is 2.45. The lowest BCUT2D eigenvalue weighted by molar-refractivity contribution is -0.136. The summed E-state index contributed by atoms with van der Waals surface area (Å²) in [5.74, 6) is -0.913. The zero-order valence-corrected chi connectivity index (χ0v) is 9.61. The van der Waals surface area contributed by atoms with E-state index in [0.29, 0.717) is 16.1 Å². The number of benzene rings is 1. The van der Waals surface area contributed by atoms with E-state index in [-0.39, 0.29) is 18.6 Å². The van der Waals surface area contributed by atoms with Gasteiger partial charge in [-0.05, 0) is 12.1 Å². The van der Waals surface area contributed by atoms with Gasteiger partial charge in [-0.25, -0.2) is 0 Å². The summed E-state index contributed by atoms with van der Waals surface area (Å²) in [6, 6.07) is 5.10. The van der Waals surface area contributed by atoms with Gasteiger partial charge < -0.3 is 10.2 Å². The standard InChI is InChI=1S/C12H10ClNO3/c13-8-2-1-7-6-14-10(3-4-11(15)16)12(17)9(7)5-8/h1-2,5-6,17H,3-4H2,(H,15,16). The minimum absolute atomic E-state index is 0.00579. The van der Waals surface area contributed by atoms with Crippen LogP contribution in [0.4, 0.5) is 0 Å². The predicted octanol–water partition coefficient (Wildman–Crippen LogP) is 2.61. The van der Waals surface area contributed by atoms with Crippen LogP contribution >= 0.6 is 11.6 Å². The molecule has 1 aromatic carbocycles. The summed E-state index contributed by atoms with van der Waals surface area (Å²) in [6.45, 7) is 0. The minimum Gasteiger partial charge on any atom is -0.505 e. The topological polar surface area (TPSA) is 70.4 Å². The highest BCUT2D eigenvalue weighted by Crippen LogP contribution is 2.29. The molecule has 0 aliphatic carbocycles. The first-order valence-electron chi connectivity index (χ1n) is 5.06. The molecule has 2 N–H and O–H groups in total. The van der Waals surface area contributed by atoms with Crippen LogP contribution in [0.15, 0.2) is 24.4 Å². The quantitative estimate of drug-likeness (QED) is 0.880. The highest BCUT2D eigenvalue weighted by molar-refractivity contribution is 6.31. The number of hydrogen-bond donors (Lipinski definition) is 2. The fourth-order valence-corrected chi connectivity index (χ4v) is 1.79. The molecule has 0 aliphatic rings. The lowest BCUT2D eigenvalue weighted by Gasteiger charge is -2.06. The highest BCUT2D eigenvalue weighted by atomic mass is 35.5. The number of aromatic nitrogens is 1. The third kappa shape index (κ3) is 2.47. The number of carbonyl (C=O) groups is 1. The molecule has 2 aromatic rings. The van der Waals surface area contributed by atoms with Gasteiger partial charge in [0.1, 0.15) is 5.75 Å². The molecule has 5 heteroatoms. The Labute approximate surface area is 102 Å². The van der Waals surface area contributed by atoms with Gasteiger partial charge in [0.2, 0.25) is 0 Å².